The predicted molar refractivity (Wildman–Crippen MR) is 138 cm³/mol. The second-order valence-electron chi connectivity index (χ2n) is 9.12. The van der Waals surface area contributed by atoms with Crippen molar-refractivity contribution in [1.82, 2.24) is 30.8 Å². The summed E-state index contributed by atoms with van der Waals surface area (Å²) < 4.78 is 0. The molecule has 2 heterocycles. The van der Waals surface area contributed by atoms with Crippen LogP contribution in [0.4, 0.5) is 0 Å². The summed E-state index contributed by atoms with van der Waals surface area (Å²) in [5.74, 6) is -5.85. The summed E-state index contributed by atoms with van der Waals surface area (Å²) in [7, 11) is 0. The first-order chi connectivity index (χ1) is 18.3. The SMILES string of the molecule is C[C@@H](O)[C@H](NC(=O)[C@@H]1CCCN1C(=O)[C@@H](N)Cc1cnc[nH]1)C(=O)N[C@@H](CS)C(=O)N[C@@H](CC(N)=O)C(=O)O. The molecule has 39 heavy (non-hydrogen) atoms. The van der Waals surface area contributed by atoms with Crippen molar-refractivity contribution in [1.29, 1.82) is 0 Å². The number of carboxylic acids is 1. The van der Waals surface area contributed by atoms with Gasteiger partial charge in [0.2, 0.25) is 29.5 Å². The molecule has 0 unspecified atom stereocenters. The van der Waals surface area contributed by atoms with E-state index in [0.29, 0.717) is 18.5 Å². The fourth-order valence-corrected chi connectivity index (χ4v) is 4.28. The molecule has 0 aliphatic carbocycles. The Hall–Kier alpha value is -3.70. The molecule has 0 radical (unpaired) electrons. The van der Waals surface area contributed by atoms with E-state index < -0.39 is 78.2 Å². The number of aliphatic hydroxyl groups excluding tert-OH is 1. The van der Waals surface area contributed by atoms with Gasteiger partial charge < -0.3 is 47.5 Å². The maximum absolute atomic E-state index is 13.1. The number of nitrogens with one attached hydrogen (secondary N) is 4. The lowest BCUT2D eigenvalue weighted by molar-refractivity contribution is -0.143. The Balaban J connectivity index is 2.05. The highest BCUT2D eigenvalue weighted by atomic mass is 32.1. The van der Waals surface area contributed by atoms with E-state index in [1.54, 1.807) is 0 Å². The van der Waals surface area contributed by atoms with E-state index in [2.05, 4.69) is 38.5 Å². The number of carbonyl (C=O) groups is 6. The number of hydrogen-bond donors (Lipinski definition) is 9. The molecule has 216 valence electrons. The second kappa shape index (κ2) is 14.5. The number of amides is 5. The van der Waals surface area contributed by atoms with Gasteiger partial charge in [-0.1, -0.05) is 0 Å². The summed E-state index contributed by atoms with van der Waals surface area (Å²) in [6.45, 7) is 1.52. The molecule has 0 spiro atoms. The third kappa shape index (κ3) is 8.93. The van der Waals surface area contributed by atoms with Gasteiger partial charge in [0.1, 0.15) is 24.2 Å². The molecule has 1 fully saturated rings. The van der Waals surface area contributed by atoms with Crippen LogP contribution >= 0.6 is 12.6 Å². The summed E-state index contributed by atoms with van der Waals surface area (Å²) in [6.07, 6.45) is 1.90. The highest BCUT2D eigenvalue weighted by Crippen LogP contribution is 2.19. The van der Waals surface area contributed by atoms with Gasteiger partial charge >= 0.3 is 5.97 Å². The van der Waals surface area contributed by atoms with Gasteiger partial charge in [-0.05, 0) is 19.8 Å². The highest BCUT2D eigenvalue weighted by molar-refractivity contribution is 7.80. The number of nitrogens with two attached hydrogens (primary N) is 2. The second-order valence-corrected chi connectivity index (χ2v) is 9.48. The minimum absolute atomic E-state index is 0.178. The van der Waals surface area contributed by atoms with Crippen LogP contribution in [0.25, 0.3) is 0 Å². The standard InChI is InChI=1S/C22H34N8O8S/c1-10(31)17(20(35)28-14(8-39)18(33)27-13(22(37)38)6-16(24)32)29-19(34)15-3-2-4-30(15)21(36)12(23)5-11-7-25-9-26-11/h7,9-10,12-15,17,31,39H,2-6,8,23H2,1H3,(H2,24,32)(H,25,26)(H,27,33)(H,28,35)(H,29,34)(H,37,38)/t10-,12+,13+,14+,15+,17+/m1/s1. The number of aliphatic carboxylic acids is 1. The van der Waals surface area contributed by atoms with E-state index in [0.717, 1.165) is 0 Å². The normalized spacial score (nSPS) is 18.8. The van der Waals surface area contributed by atoms with Crippen LogP contribution in [0.3, 0.4) is 0 Å². The van der Waals surface area contributed by atoms with Gasteiger partial charge in [-0.3, -0.25) is 24.0 Å². The van der Waals surface area contributed by atoms with E-state index in [9.17, 15) is 39.0 Å². The van der Waals surface area contributed by atoms with E-state index in [-0.39, 0.29) is 18.7 Å². The molecule has 17 heteroatoms. The van der Waals surface area contributed by atoms with Crippen molar-refractivity contribution in [3.8, 4) is 0 Å². The average molecular weight is 571 g/mol. The number of nitrogens with zero attached hydrogens (tertiary/aromatic N) is 2. The average Bonchev–Trinajstić information content (AvgIpc) is 3.56. The number of aliphatic hydroxyl groups is 1. The van der Waals surface area contributed by atoms with Gasteiger partial charge in [0.25, 0.3) is 0 Å². The Morgan fingerprint density at radius 1 is 1.18 bits per heavy atom. The largest absolute Gasteiger partial charge is 0.480 e. The van der Waals surface area contributed by atoms with Gasteiger partial charge in [-0.25, -0.2) is 9.78 Å². The van der Waals surface area contributed by atoms with Crippen molar-refractivity contribution < 1.29 is 39.0 Å². The molecule has 6 atom stereocenters. The van der Waals surface area contributed by atoms with Crippen molar-refractivity contribution >= 4 is 48.1 Å². The number of H-pyrrole nitrogens is 1. The number of imidazole rings is 1. The van der Waals surface area contributed by atoms with Crippen LogP contribution in [-0.4, -0.2) is 109 Å². The van der Waals surface area contributed by atoms with Crippen LogP contribution in [-0.2, 0) is 35.2 Å². The maximum atomic E-state index is 13.1. The molecule has 1 aliphatic rings. The fourth-order valence-electron chi connectivity index (χ4n) is 4.02. The number of rotatable bonds is 14. The Kier molecular flexibility index (Phi) is 11.7. The molecule has 1 saturated heterocycles. The first kappa shape index (κ1) is 31.5. The molecular weight excluding hydrogens is 536 g/mol. The van der Waals surface area contributed by atoms with Gasteiger partial charge in [-0.2, -0.15) is 12.6 Å². The zero-order valence-corrected chi connectivity index (χ0v) is 22.1. The molecule has 10 N–H and O–H groups in total. The molecule has 0 aromatic carbocycles. The minimum Gasteiger partial charge on any atom is -0.480 e. The number of carboxylic acid groups (broad SMARTS) is 1. The van der Waals surface area contributed by atoms with Gasteiger partial charge in [0.15, 0.2) is 0 Å². The summed E-state index contributed by atoms with van der Waals surface area (Å²) in [5.41, 5.74) is 11.7. The highest BCUT2D eigenvalue weighted by Gasteiger charge is 2.39. The third-order valence-corrected chi connectivity index (χ3v) is 6.41. The Morgan fingerprint density at radius 3 is 2.38 bits per heavy atom. The summed E-state index contributed by atoms with van der Waals surface area (Å²) in [4.78, 5) is 81.9. The van der Waals surface area contributed by atoms with Crippen LogP contribution in [0.5, 0.6) is 0 Å². The van der Waals surface area contributed by atoms with Crippen LogP contribution in [0.2, 0.25) is 0 Å². The molecule has 0 bridgehead atoms. The molecule has 0 saturated carbocycles. The summed E-state index contributed by atoms with van der Waals surface area (Å²) in [6, 6.07) is -6.40. The lowest BCUT2D eigenvalue weighted by Gasteiger charge is -2.29. The van der Waals surface area contributed by atoms with Gasteiger partial charge in [0.05, 0.1) is 24.9 Å². The molecule has 2 rings (SSSR count). The Labute approximate surface area is 229 Å². The van der Waals surface area contributed by atoms with Crippen LogP contribution in [0, 0.1) is 0 Å². The lowest BCUT2D eigenvalue weighted by atomic mass is 10.1. The number of aromatic amines is 1. The number of hydrogen-bond acceptors (Lipinski definition) is 10. The maximum Gasteiger partial charge on any atom is 0.326 e. The topological polar surface area (TPSA) is 263 Å². The molecular formula is C22H34N8O8S. The van der Waals surface area contributed by atoms with Crippen molar-refractivity contribution in [2.75, 3.05) is 12.3 Å². The molecule has 5 amide bonds. The van der Waals surface area contributed by atoms with Crippen molar-refractivity contribution in [3.63, 3.8) is 0 Å². The molecule has 16 nitrogen and oxygen atoms in total. The number of primary amides is 1. The number of thiol groups is 1. The molecule has 1 aromatic rings. The van der Waals surface area contributed by atoms with E-state index in [4.69, 9.17) is 11.5 Å². The zero-order chi connectivity index (χ0) is 29.3. The Bertz CT molecular complexity index is 1050. The van der Waals surface area contributed by atoms with Crippen LogP contribution < -0.4 is 27.4 Å². The van der Waals surface area contributed by atoms with Crippen LogP contribution in [0.15, 0.2) is 12.5 Å². The predicted octanol–water partition coefficient (Wildman–Crippen LogP) is -4.00. The van der Waals surface area contributed by atoms with Crippen molar-refractivity contribution in [3.05, 3.63) is 18.2 Å². The minimum atomic E-state index is -1.63. The molecule has 1 aromatic heterocycles. The monoisotopic (exact) mass is 570 g/mol. The first-order valence-corrected chi connectivity index (χ1v) is 12.7. The fraction of sp³-hybridized carbons (Fsp3) is 0.591. The number of aromatic nitrogens is 2. The smallest absolute Gasteiger partial charge is 0.326 e. The van der Waals surface area contributed by atoms with Crippen molar-refractivity contribution in [2.45, 2.75) is 68.9 Å². The quantitative estimate of drug-likeness (QED) is 0.0978. The number of likely N-dealkylation sites (tertiary alicyclic amines) is 1. The zero-order valence-electron chi connectivity index (χ0n) is 21.2. The lowest BCUT2D eigenvalue weighted by Crippen LogP contribution is -2.61. The Morgan fingerprint density at radius 2 is 1.85 bits per heavy atom. The van der Waals surface area contributed by atoms with E-state index in [1.165, 1.54) is 24.3 Å². The third-order valence-electron chi connectivity index (χ3n) is 6.05. The summed E-state index contributed by atoms with van der Waals surface area (Å²) in [5, 5.41) is 26.2. The number of carbonyl (C=O) groups excluding carboxylic acids is 5. The van der Waals surface area contributed by atoms with E-state index in [1.807, 2.05) is 0 Å². The molecule has 1 aliphatic heterocycles. The first-order valence-electron chi connectivity index (χ1n) is 12.1. The van der Waals surface area contributed by atoms with Crippen molar-refractivity contribution in [2.24, 2.45) is 11.5 Å². The van der Waals surface area contributed by atoms with Gasteiger partial charge in [0, 0.05) is 30.6 Å². The summed E-state index contributed by atoms with van der Waals surface area (Å²) >= 11 is 3.99. The van der Waals surface area contributed by atoms with Gasteiger partial charge in [-0.15, -0.1) is 0 Å². The van der Waals surface area contributed by atoms with E-state index >= 15 is 0 Å². The van der Waals surface area contributed by atoms with Crippen LogP contribution in [0.1, 0.15) is 31.9 Å².